The number of rotatable bonds is 3. The van der Waals surface area contributed by atoms with Crippen LogP contribution >= 0.6 is 7.37 Å². The van der Waals surface area contributed by atoms with Crippen LogP contribution < -0.4 is 0 Å². The molecule has 0 radical (unpaired) electrons. The Hall–Kier alpha value is -0.00506. The van der Waals surface area contributed by atoms with E-state index >= 15 is 0 Å². The molecule has 0 aromatic heterocycles. The van der Waals surface area contributed by atoms with Crippen LogP contribution in [0.1, 0.15) is 6.42 Å². The maximum Gasteiger partial charge on any atom is 0.197 e. The molecule has 0 aromatic rings. The molecule has 0 aliphatic heterocycles. The van der Waals surface area contributed by atoms with Crippen LogP contribution in [0.25, 0.3) is 0 Å². The van der Waals surface area contributed by atoms with E-state index in [-0.39, 0.29) is 0 Å². The molecule has 0 bridgehead atoms. The highest BCUT2D eigenvalue weighted by molar-refractivity contribution is 7.57. The fourth-order valence-corrected chi connectivity index (χ4v) is 1.55. The third-order valence-corrected chi connectivity index (χ3v) is 2.57. The van der Waals surface area contributed by atoms with Gasteiger partial charge in [-0.25, -0.2) is 0 Å². The Morgan fingerprint density at radius 1 is 1.82 bits per heavy atom. The molecule has 1 aliphatic rings. The lowest BCUT2D eigenvalue weighted by molar-refractivity contribution is 0.308. The minimum absolute atomic E-state index is 0.563. The molecule has 1 fully saturated rings. The summed E-state index contributed by atoms with van der Waals surface area (Å²) in [5.74, 6) is 2.68. The van der Waals surface area contributed by atoms with Gasteiger partial charge in [-0.05, 0) is 6.42 Å². The molecule has 1 aliphatic carbocycles. The monoisotopic (exact) mass is 172 g/mol. The molecule has 0 saturated heterocycles. The van der Waals surface area contributed by atoms with Crippen LogP contribution in [-0.4, -0.2) is 27.8 Å². The molecule has 1 atom stereocenters. The molecular weight excluding hydrogens is 158 g/mol. The summed E-state index contributed by atoms with van der Waals surface area (Å²) in [6.45, 7) is 3.96. The lowest BCUT2D eigenvalue weighted by atomic mass is 10.1. The largest absolute Gasteiger partial charge is 0.328 e. The average molecular weight is 172 g/mol. The van der Waals surface area contributed by atoms with Gasteiger partial charge in [-0.15, -0.1) is 5.98 Å². The Morgan fingerprint density at radius 3 is 2.82 bits per heavy atom. The van der Waals surface area contributed by atoms with Crippen molar-refractivity contribution in [1.29, 1.82) is 0 Å². The summed E-state index contributed by atoms with van der Waals surface area (Å²) < 4.78 is 16.3. The maximum absolute atomic E-state index is 11.1. The van der Waals surface area contributed by atoms with Gasteiger partial charge in [0.1, 0.15) is 7.85 Å². The zero-order chi connectivity index (χ0) is 8.48. The van der Waals surface area contributed by atoms with Crippen molar-refractivity contribution in [2.24, 2.45) is 5.92 Å². The van der Waals surface area contributed by atoms with Gasteiger partial charge >= 0.3 is 0 Å². The molecule has 1 saturated carbocycles. The highest BCUT2D eigenvalue weighted by Gasteiger charge is 2.29. The zero-order valence-electron chi connectivity index (χ0n) is 7.33. The second-order valence-electron chi connectivity index (χ2n) is 3.31. The molecule has 1 rings (SSSR count). The van der Waals surface area contributed by atoms with Crippen molar-refractivity contribution in [2.45, 2.75) is 6.42 Å². The highest BCUT2D eigenvalue weighted by Crippen LogP contribution is 2.43. The smallest absolute Gasteiger partial charge is 0.197 e. The van der Waals surface area contributed by atoms with E-state index in [4.69, 9.17) is 4.52 Å². The second kappa shape index (κ2) is 3.16. The predicted molar refractivity (Wildman–Crippen MR) is 50.1 cm³/mol. The lowest BCUT2D eigenvalue weighted by Crippen LogP contribution is -1.92. The molecular formula is C7H14BO2P. The van der Waals surface area contributed by atoms with Gasteiger partial charge in [0.2, 0.25) is 0 Å². The summed E-state index contributed by atoms with van der Waals surface area (Å²) >= 11 is 0. The first kappa shape index (κ1) is 9.09. The first-order valence-electron chi connectivity index (χ1n) is 3.87. The fourth-order valence-electron chi connectivity index (χ4n) is 1.01. The molecule has 11 heavy (non-hydrogen) atoms. The summed E-state index contributed by atoms with van der Waals surface area (Å²) in [5, 5.41) is 0. The van der Waals surface area contributed by atoms with Crippen molar-refractivity contribution < 1.29 is 9.09 Å². The lowest BCUT2D eigenvalue weighted by Gasteiger charge is -2.05. The molecule has 0 spiro atoms. The van der Waals surface area contributed by atoms with Gasteiger partial charge in [0.05, 0.1) is 6.61 Å². The van der Waals surface area contributed by atoms with Gasteiger partial charge in [-0.2, -0.15) is 0 Å². The Labute approximate surface area is 68.9 Å². The van der Waals surface area contributed by atoms with E-state index in [0.717, 1.165) is 6.42 Å². The number of hydrogen-bond donors (Lipinski definition) is 0. The van der Waals surface area contributed by atoms with Gasteiger partial charge in [-0.1, -0.05) is 5.57 Å². The second-order valence-corrected chi connectivity index (χ2v) is 6.07. The van der Waals surface area contributed by atoms with Crippen LogP contribution in [0, 0.1) is 5.92 Å². The molecule has 0 N–H and O–H groups in total. The van der Waals surface area contributed by atoms with E-state index in [1.807, 2.05) is 7.85 Å². The Balaban J connectivity index is 2.21. The first-order chi connectivity index (χ1) is 5.03. The van der Waals surface area contributed by atoms with Crippen molar-refractivity contribution >= 4 is 15.2 Å². The van der Waals surface area contributed by atoms with Crippen LogP contribution in [0.3, 0.4) is 0 Å². The normalized spacial score (nSPS) is 27.5. The average Bonchev–Trinajstić information content (AvgIpc) is 2.60. The molecule has 0 aromatic carbocycles. The van der Waals surface area contributed by atoms with Crippen molar-refractivity contribution in [2.75, 3.05) is 19.9 Å². The van der Waals surface area contributed by atoms with Crippen molar-refractivity contribution in [3.63, 3.8) is 0 Å². The van der Waals surface area contributed by atoms with E-state index in [1.54, 1.807) is 13.3 Å². The first-order valence-corrected chi connectivity index (χ1v) is 6.39. The van der Waals surface area contributed by atoms with E-state index in [9.17, 15) is 4.57 Å². The van der Waals surface area contributed by atoms with Gasteiger partial charge in [0, 0.05) is 19.2 Å². The fraction of sp³-hybridized carbons (Fsp3) is 0.714. The summed E-state index contributed by atoms with van der Waals surface area (Å²) in [6, 6.07) is 0. The predicted octanol–water partition coefficient (Wildman–Crippen LogP) is 1.08. The summed E-state index contributed by atoms with van der Waals surface area (Å²) in [7, 11) is -0.209. The molecule has 62 valence electrons. The van der Waals surface area contributed by atoms with Gasteiger partial charge in [0.15, 0.2) is 7.37 Å². The summed E-state index contributed by atoms with van der Waals surface area (Å²) in [6.07, 6.45) is 1.14. The van der Waals surface area contributed by atoms with Crippen LogP contribution in [0.2, 0.25) is 0 Å². The molecule has 2 nitrogen and oxygen atoms in total. The van der Waals surface area contributed by atoms with E-state index in [1.165, 1.54) is 5.57 Å². The van der Waals surface area contributed by atoms with Crippen molar-refractivity contribution in [1.82, 2.24) is 0 Å². The van der Waals surface area contributed by atoms with E-state index < -0.39 is 7.37 Å². The Kier molecular flexibility index (Phi) is 2.61. The van der Waals surface area contributed by atoms with Gasteiger partial charge in [-0.3, -0.25) is 4.57 Å². The Bertz CT molecular complexity index is 218. The number of hydrogen-bond acceptors (Lipinski definition) is 2. The highest BCUT2D eigenvalue weighted by atomic mass is 31.2. The SMILES string of the molecule is B/C=C1\CC1COP(C)(C)=O. The standard InChI is InChI=1S/C7H14BO2P/c1-11(2,9)10-5-7-3-6(7)4-8/h4,7H,3,5,8H2,1-2H3/b6-4+. The van der Waals surface area contributed by atoms with Crippen LogP contribution in [-0.2, 0) is 9.09 Å². The maximum atomic E-state index is 11.1. The van der Waals surface area contributed by atoms with Crippen LogP contribution in [0.15, 0.2) is 11.5 Å². The molecule has 1 unspecified atom stereocenters. The topological polar surface area (TPSA) is 26.3 Å². The molecule has 0 heterocycles. The minimum Gasteiger partial charge on any atom is -0.328 e. The zero-order valence-corrected chi connectivity index (χ0v) is 8.23. The van der Waals surface area contributed by atoms with Gasteiger partial charge < -0.3 is 4.52 Å². The molecule has 4 heteroatoms. The Morgan fingerprint density at radius 2 is 2.45 bits per heavy atom. The van der Waals surface area contributed by atoms with Crippen LogP contribution in [0.4, 0.5) is 0 Å². The third kappa shape index (κ3) is 3.26. The minimum atomic E-state index is -2.24. The van der Waals surface area contributed by atoms with Crippen molar-refractivity contribution in [3.8, 4) is 0 Å². The molecule has 0 amide bonds. The van der Waals surface area contributed by atoms with Gasteiger partial charge in [0.25, 0.3) is 0 Å². The van der Waals surface area contributed by atoms with Crippen molar-refractivity contribution in [3.05, 3.63) is 11.5 Å². The summed E-state index contributed by atoms with van der Waals surface area (Å²) in [4.78, 5) is 0. The van der Waals surface area contributed by atoms with E-state index in [0.29, 0.717) is 12.5 Å². The van der Waals surface area contributed by atoms with Crippen LogP contribution in [0.5, 0.6) is 0 Å². The summed E-state index contributed by atoms with van der Waals surface area (Å²) in [5.41, 5.74) is 1.44. The third-order valence-electron chi connectivity index (χ3n) is 1.80. The van der Waals surface area contributed by atoms with E-state index in [2.05, 4.69) is 5.98 Å². The quantitative estimate of drug-likeness (QED) is 0.470.